The molecule has 4 heteroatoms. The Balaban J connectivity index is 1.18. The lowest BCUT2D eigenvalue weighted by atomic mass is 9.95. The highest BCUT2D eigenvalue weighted by Gasteiger charge is 2.14. The van der Waals surface area contributed by atoms with Crippen molar-refractivity contribution in [1.29, 1.82) is 0 Å². The lowest BCUT2D eigenvalue weighted by molar-refractivity contribution is 1.03. The van der Waals surface area contributed by atoms with E-state index in [-0.39, 0.29) is 0 Å². The van der Waals surface area contributed by atoms with E-state index < -0.39 is 0 Å². The molecule has 0 aliphatic heterocycles. The van der Waals surface area contributed by atoms with Crippen molar-refractivity contribution in [2.24, 2.45) is 0 Å². The van der Waals surface area contributed by atoms with Crippen molar-refractivity contribution >= 4 is 27.4 Å². The summed E-state index contributed by atoms with van der Waals surface area (Å²) in [5, 5.41) is 2.21. The number of hydrogen-bond donors (Lipinski definition) is 0. The van der Waals surface area contributed by atoms with E-state index in [1.165, 1.54) is 5.56 Å². The second-order valence-corrected chi connectivity index (χ2v) is 11.5. The Hall–Kier alpha value is -5.74. The summed E-state index contributed by atoms with van der Waals surface area (Å²) in [6.07, 6.45) is 10.5. The average Bonchev–Trinajstić information content (AvgIpc) is 3.12. The molecule has 214 valence electrons. The fourth-order valence-electron chi connectivity index (χ4n) is 6.15. The Kier molecular flexibility index (Phi) is 6.80. The summed E-state index contributed by atoms with van der Waals surface area (Å²) in [7, 11) is 0. The van der Waals surface area contributed by atoms with Crippen LogP contribution in [0.4, 0.5) is 0 Å². The number of hydrogen-bond acceptors (Lipinski definition) is 4. The first-order valence-corrected chi connectivity index (χ1v) is 15.4. The zero-order chi connectivity index (χ0) is 30.2. The van der Waals surface area contributed by atoms with Gasteiger partial charge in [0.25, 0.3) is 0 Å². The summed E-state index contributed by atoms with van der Waals surface area (Å²) < 4.78 is 0. The zero-order valence-corrected chi connectivity index (χ0v) is 25.0. The number of fused-ring (bicyclic) bond motifs is 3. The zero-order valence-electron chi connectivity index (χ0n) is 25.0. The summed E-state index contributed by atoms with van der Waals surface area (Å²) in [5.74, 6) is 0.764. The van der Waals surface area contributed by atoms with Crippen LogP contribution in [-0.2, 0) is 0 Å². The maximum Gasteiger partial charge on any atom is 0.160 e. The van der Waals surface area contributed by atoms with Gasteiger partial charge in [-0.25, -0.2) is 9.97 Å². The molecule has 0 saturated carbocycles. The van der Waals surface area contributed by atoms with Crippen molar-refractivity contribution in [3.8, 4) is 44.8 Å². The van der Waals surface area contributed by atoms with Gasteiger partial charge in [-0.15, -0.1) is 0 Å². The number of aromatic nitrogens is 4. The summed E-state index contributed by atoms with van der Waals surface area (Å²) in [4.78, 5) is 19.6. The van der Waals surface area contributed by atoms with Gasteiger partial charge in [-0.1, -0.05) is 109 Å². The van der Waals surface area contributed by atoms with Crippen molar-refractivity contribution < 1.29 is 0 Å². The standard InChI is InChI=1S/C41H30N4/c1-27-24-36(35-22-21-31-16-9-23-42-39(31)40(35)43-27)29-19-17-28(18-20-29)33-14-8-15-34(25-33)38-26-37(30-10-4-2-5-11-30)44-41(45-38)32-12-6-3-7-13-32/h2,4-6,8-26H,3,7H2,1H3. The molecule has 45 heavy (non-hydrogen) atoms. The molecule has 1 aliphatic rings. The second-order valence-electron chi connectivity index (χ2n) is 11.5. The van der Waals surface area contributed by atoms with Crippen molar-refractivity contribution in [2.75, 3.05) is 0 Å². The predicted molar refractivity (Wildman–Crippen MR) is 185 cm³/mol. The minimum Gasteiger partial charge on any atom is -0.254 e. The smallest absolute Gasteiger partial charge is 0.160 e. The minimum atomic E-state index is 0.764. The molecule has 0 unspecified atom stereocenters. The van der Waals surface area contributed by atoms with E-state index in [1.54, 1.807) is 0 Å². The third kappa shape index (κ3) is 5.21. The lowest BCUT2D eigenvalue weighted by Crippen LogP contribution is -1.99. The molecule has 4 aromatic carbocycles. The lowest BCUT2D eigenvalue weighted by Gasteiger charge is -2.13. The topological polar surface area (TPSA) is 51.6 Å². The van der Waals surface area contributed by atoms with Gasteiger partial charge >= 0.3 is 0 Å². The highest BCUT2D eigenvalue weighted by molar-refractivity contribution is 6.08. The largest absolute Gasteiger partial charge is 0.254 e. The van der Waals surface area contributed by atoms with Crippen molar-refractivity contribution in [3.63, 3.8) is 0 Å². The molecule has 0 amide bonds. The van der Waals surface area contributed by atoms with Crippen LogP contribution in [-0.4, -0.2) is 19.9 Å². The number of benzene rings is 4. The molecule has 1 aliphatic carbocycles. The number of nitrogens with zero attached hydrogens (tertiary/aromatic N) is 4. The van der Waals surface area contributed by atoms with Crippen LogP contribution in [0.2, 0.25) is 0 Å². The van der Waals surface area contributed by atoms with Gasteiger partial charge < -0.3 is 0 Å². The molecule has 0 bridgehead atoms. The van der Waals surface area contributed by atoms with Crippen LogP contribution < -0.4 is 0 Å². The number of aryl methyl sites for hydroxylation is 1. The van der Waals surface area contributed by atoms with Crippen LogP contribution in [0.3, 0.4) is 0 Å². The molecule has 0 saturated heterocycles. The fraction of sp³-hybridized carbons (Fsp3) is 0.0732. The Labute approximate surface area is 262 Å². The number of rotatable bonds is 5. The Morgan fingerprint density at radius 1 is 0.556 bits per heavy atom. The van der Waals surface area contributed by atoms with E-state index in [0.717, 1.165) is 90.9 Å². The second kappa shape index (κ2) is 11.4. The van der Waals surface area contributed by atoms with Gasteiger partial charge in [0.2, 0.25) is 0 Å². The summed E-state index contributed by atoms with van der Waals surface area (Å²) in [5.41, 5.74) is 12.5. The summed E-state index contributed by atoms with van der Waals surface area (Å²) in [6, 6.07) is 40.4. The van der Waals surface area contributed by atoms with Gasteiger partial charge in [0.15, 0.2) is 5.82 Å². The third-order valence-electron chi connectivity index (χ3n) is 8.42. The molecule has 8 rings (SSSR count). The van der Waals surface area contributed by atoms with Gasteiger partial charge in [0.05, 0.1) is 22.4 Å². The monoisotopic (exact) mass is 578 g/mol. The van der Waals surface area contributed by atoms with Crippen molar-refractivity contribution in [3.05, 3.63) is 151 Å². The fourth-order valence-corrected chi connectivity index (χ4v) is 6.15. The minimum absolute atomic E-state index is 0.764. The number of allylic oxidation sites excluding steroid dienone is 4. The van der Waals surface area contributed by atoms with Crippen LogP contribution in [0.5, 0.6) is 0 Å². The Morgan fingerprint density at radius 3 is 2.16 bits per heavy atom. The number of pyridine rings is 2. The van der Waals surface area contributed by atoms with E-state index in [0.29, 0.717) is 0 Å². The van der Waals surface area contributed by atoms with E-state index in [9.17, 15) is 0 Å². The molecule has 7 aromatic rings. The molecule has 0 spiro atoms. The normalized spacial score (nSPS) is 12.9. The maximum atomic E-state index is 5.06. The SMILES string of the molecule is Cc1cc(-c2ccc(-c3cccc(-c4cc(-c5ccccc5)nc(C5=CCCC=C5)n4)c3)cc2)c2ccc3cccnc3c2n1. The van der Waals surface area contributed by atoms with Crippen LogP contribution in [0.25, 0.3) is 72.1 Å². The van der Waals surface area contributed by atoms with Gasteiger partial charge in [-0.2, -0.15) is 0 Å². The van der Waals surface area contributed by atoms with Crippen LogP contribution in [0.15, 0.2) is 140 Å². The third-order valence-corrected chi connectivity index (χ3v) is 8.42. The van der Waals surface area contributed by atoms with Crippen LogP contribution in [0.1, 0.15) is 24.4 Å². The van der Waals surface area contributed by atoms with Gasteiger partial charge in [-0.3, -0.25) is 9.97 Å². The molecule has 0 radical (unpaired) electrons. The molecule has 0 atom stereocenters. The van der Waals surface area contributed by atoms with Crippen LogP contribution in [0, 0.1) is 6.92 Å². The van der Waals surface area contributed by atoms with Crippen LogP contribution >= 0.6 is 0 Å². The summed E-state index contributed by atoms with van der Waals surface area (Å²) in [6.45, 7) is 2.05. The quantitative estimate of drug-likeness (QED) is 0.191. The Bertz CT molecular complexity index is 2270. The van der Waals surface area contributed by atoms with Gasteiger partial charge in [-0.05, 0) is 66.3 Å². The molecule has 0 N–H and O–H groups in total. The molecular weight excluding hydrogens is 548 g/mol. The first-order valence-electron chi connectivity index (χ1n) is 15.4. The van der Waals surface area contributed by atoms with Crippen molar-refractivity contribution in [1.82, 2.24) is 19.9 Å². The molecule has 3 aromatic heterocycles. The average molecular weight is 579 g/mol. The Morgan fingerprint density at radius 2 is 1.33 bits per heavy atom. The van der Waals surface area contributed by atoms with E-state index in [4.69, 9.17) is 15.0 Å². The van der Waals surface area contributed by atoms with E-state index >= 15 is 0 Å². The molecule has 0 fully saturated rings. The highest BCUT2D eigenvalue weighted by atomic mass is 14.9. The molecular formula is C41H30N4. The van der Waals surface area contributed by atoms with E-state index in [2.05, 4.69) is 126 Å². The first-order chi connectivity index (χ1) is 22.2. The highest BCUT2D eigenvalue weighted by Crippen LogP contribution is 2.34. The molecule has 3 heterocycles. The maximum absolute atomic E-state index is 5.06. The molecule has 4 nitrogen and oxygen atoms in total. The van der Waals surface area contributed by atoms with Crippen molar-refractivity contribution in [2.45, 2.75) is 19.8 Å². The van der Waals surface area contributed by atoms with Gasteiger partial charge in [0, 0.05) is 39.4 Å². The summed E-state index contributed by atoms with van der Waals surface area (Å²) >= 11 is 0. The van der Waals surface area contributed by atoms with E-state index in [1.807, 2.05) is 25.3 Å². The predicted octanol–water partition coefficient (Wildman–Crippen LogP) is 10.3. The van der Waals surface area contributed by atoms with Gasteiger partial charge in [0.1, 0.15) is 0 Å². The first kappa shape index (κ1) is 26.9.